The van der Waals surface area contributed by atoms with Gasteiger partial charge in [0.25, 0.3) is 0 Å². The second kappa shape index (κ2) is 5.39. The number of hydrogen-bond donors (Lipinski definition) is 4. The Balaban J connectivity index is 2.05. The second-order valence-electron chi connectivity index (χ2n) is 4.26. The van der Waals surface area contributed by atoms with E-state index >= 15 is 0 Å². The number of carbonyl (C=O) groups excluding carboxylic acids is 1. The van der Waals surface area contributed by atoms with Crippen LogP contribution >= 0.6 is 0 Å². The third-order valence-corrected chi connectivity index (χ3v) is 3.00. The molecule has 0 saturated heterocycles. The van der Waals surface area contributed by atoms with Gasteiger partial charge in [0.15, 0.2) is 5.84 Å². The number of urea groups is 1. The van der Waals surface area contributed by atoms with Crippen LogP contribution in [0.3, 0.4) is 0 Å². The van der Waals surface area contributed by atoms with Crippen molar-refractivity contribution in [1.82, 2.24) is 5.32 Å². The number of nitrogens with two attached hydrogens (primary N) is 1. The summed E-state index contributed by atoms with van der Waals surface area (Å²) in [5.74, 6) is -0.0328. The predicted molar refractivity (Wildman–Crippen MR) is 68.7 cm³/mol. The summed E-state index contributed by atoms with van der Waals surface area (Å²) >= 11 is 0. The zero-order valence-corrected chi connectivity index (χ0v) is 9.89. The molecule has 5 N–H and O–H groups in total. The van der Waals surface area contributed by atoms with E-state index in [1.807, 2.05) is 0 Å². The molecule has 0 unspecified atom stereocenters. The number of carbonyl (C=O) groups is 1. The summed E-state index contributed by atoms with van der Waals surface area (Å²) in [4.78, 5) is 11.7. The lowest BCUT2D eigenvalue weighted by atomic mass is 9.93. The monoisotopic (exact) mass is 248 g/mol. The van der Waals surface area contributed by atoms with Crippen molar-refractivity contribution in [3.8, 4) is 0 Å². The molecule has 1 aliphatic carbocycles. The third-order valence-electron chi connectivity index (χ3n) is 3.00. The molecule has 0 aliphatic heterocycles. The number of oxime groups is 1. The molecule has 6 heteroatoms. The normalized spacial score (nSPS) is 15.9. The molecule has 2 rings (SSSR count). The van der Waals surface area contributed by atoms with E-state index in [4.69, 9.17) is 10.9 Å². The summed E-state index contributed by atoms with van der Waals surface area (Å²) in [6, 6.07) is 6.90. The SMILES string of the molecule is N/C(=N/O)c1ccccc1NC(=O)NC1CCC1. The van der Waals surface area contributed by atoms with Gasteiger partial charge in [0.2, 0.25) is 0 Å². The zero-order valence-electron chi connectivity index (χ0n) is 9.89. The van der Waals surface area contributed by atoms with Gasteiger partial charge in [-0.3, -0.25) is 0 Å². The fraction of sp³-hybridized carbons (Fsp3) is 0.333. The maximum Gasteiger partial charge on any atom is 0.319 e. The minimum Gasteiger partial charge on any atom is -0.409 e. The van der Waals surface area contributed by atoms with Gasteiger partial charge in [-0.05, 0) is 31.4 Å². The van der Waals surface area contributed by atoms with E-state index in [-0.39, 0.29) is 17.9 Å². The first kappa shape index (κ1) is 12.2. The largest absolute Gasteiger partial charge is 0.409 e. The summed E-state index contributed by atoms with van der Waals surface area (Å²) in [6.07, 6.45) is 3.20. The Labute approximate surface area is 105 Å². The maximum absolute atomic E-state index is 11.7. The number of nitrogens with one attached hydrogen (secondary N) is 2. The van der Waals surface area contributed by atoms with Crippen molar-refractivity contribution in [3.63, 3.8) is 0 Å². The van der Waals surface area contributed by atoms with Gasteiger partial charge in [-0.25, -0.2) is 4.79 Å². The Hall–Kier alpha value is -2.24. The Morgan fingerprint density at radius 3 is 2.72 bits per heavy atom. The number of anilines is 1. The zero-order chi connectivity index (χ0) is 13.0. The van der Waals surface area contributed by atoms with Crippen molar-refractivity contribution >= 4 is 17.6 Å². The van der Waals surface area contributed by atoms with Crippen LogP contribution in [0.25, 0.3) is 0 Å². The molecule has 96 valence electrons. The molecular weight excluding hydrogens is 232 g/mol. The van der Waals surface area contributed by atoms with E-state index in [9.17, 15) is 4.79 Å². The minimum atomic E-state index is -0.266. The smallest absolute Gasteiger partial charge is 0.319 e. The predicted octanol–water partition coefficient (Wildman–Crippen LogP) is 1.46. The first-order valence-electron chi connectivity index (χ1n) is 5.85. The summed E-state index contributed by atoms with van der Waals surface area (Å²) in [5.41, 5.74) is 6.55. The molecule has 6 nitrogen and oxygen atoms in total. The molecule has 18 heavy (non-hydrogen) atoms. The van der Waals surface area contributed by atoms with Crippen molar-refractivity contribution in [3.05, 3.63) is 29.8 Å². The molecule has 1 aromatic carbocycles. The first-order chi connectivity index (χ1) is 8.70. The fourth-order valence-electron chi connectivity index (χ4n) is 1.77. The van der Waals surface area contributed by atoms with Crippen LogP contribution in [0.2, 0.25) is 0 Å². The van der Waals surface area contributed by atoms with E-state index in [0.717, 1.165) is 19.3 Å². The standard InChI is InChI=1S/C12H16N4O2/c13-11(16-18)9-6-1-2-7-10(9)15-12(17)14-8-4-3-5-8/h1-2,6-8,18H,3-5H2,(H2,13,16)(H2,14,15,17). The Morgan fingerprint density at radius 1 is 1.39 bits per heavy atom. The number of amides is 2. The van der Waals surface area contributed by atoms with Gasteiger partial charge in [0, 0.05) is 11.6 Å². The van der Waals surface area contributed by atoms with E-state index in [0.29, 0.717) is 11.3 Å². The minimum absolute atomic E-state index is 0.0328. The van der Waals surface area contributed by atoms with Crippen LogP contribution in [0.4, 0.5) is 10.5 Å². The van der Waals surface area contributed by atoms with Crippen LogP contribution in [0.5, 0.6) is 0 Å². The summed E-state index contributed by atoms with van der Waals surface area (Å²) < 4.78 is 0. The molecule has 0 heterocycles. The van der Waals surface area contributed by atoms with Gasteiger partial charge in [0.1, 0.15) is 0 Å². The van der Waals surface area contributed by atoms with Crippen molar-refractivity contribution in [2.75, 3.05) is 5.32 Å². The molecular formula is C12H16N4O2. The number of nitrogens with zero attached hydrogens (tertiary/aromatic N) is 1. The van der Waals surface area contributed by atoms with Crippen molar-refractivity contribution in [1.29, 1.82) is 0 Å². The topological polar surface area (TPSA) is 99.7 Å². The van der Waals surface area contributed by atoms with Crippen LogP contribution in [0.1, 0.15) is 24.8 Å². The molecule has 0 spiro atoms. The number of rotatable bonds is 3. The van der Waals surface area contributed by atoms with Gasteiger partial charge in [-0.15, -0.1) is 0 Å². The molecule has 0 aromatic heterocycles. The lowest BCUT2D eigenvalue weighted by Gasteiger charge is -2.26. The van der Waals surface area contributed by atoms with Gasteiger partial charge < -0.3 is 21.6 Å². The van der Waals surface area contributed by atoms with E-state index in [1.165, 1.54) is 0 Å². The molecule has 1 fully saturated rings. The van der Waals surface area contributed by atoms with Crippen LogP contribution in [0, 0.1) is 0 Å². The maximum atomic E-state index is 11.7. The lowest BCUT2D eigenvalue weighted by Crippen LogP contribution is -2.42. The summed E-state index contributed by atoms with van der Waals surface area (Å²) in [5, 5.41) is 17.2. The van der Waals surface area contributed by atoms with E-state index in [2.05, 4.69) is 15.8 Å². The van der Waals surface area contributed by atoms with Gasteiger partial charge in [0.05, 0.1) is 5.69 Å². The first-order valence-corrected chi connectivity index (χ1v) is 5.85. The molecule has 1 aromatic rings. The summed E-state index contributed by atoms with van der Waals surface area (Å²) in [6.45, 7) is 0. The lowest BCUT2D eigenvalue weighted by molar-refractivity contribution is 0.240. The van der Waals surface area contributed by atoms with Crippen molar-refractivity contribution < 1.29 is 10.0 Å². The van der Waals surface area contributed by atoms with Crippen LogP contribution in [0.15, 0.2) is 29.4 Å². The van der Waals surface area contributed by atoms with E-state index < -0.39 is 0 Å². The highest BCUT2D eigenvalue weighted by Crippen LogP contribution is 2.19. The van der Waals surface area contributed by atoms with Gasteiger partial charge in [-0.2, -0.15) is 0 Å². The highest BCUT2D eigenvalue weighted by molar-refractivity contribution is 6.05. The van der Waals surface area contributed by atoms with Crippen LogP contribution < -0.4 is 16.4 Å². The number of benzene rings is 1. The van der Waals surface area contributed by atoms with Crippen LogP contribution in [-0.4, -0.2) is 23.1 Å². The quantitative estimate of drug-likeness (QED) is 0.282. The molecule has 2 amide bonds. The highest BCUT2D eigenvalue weighted by atomic mass is 16.4. The average Bonchev–Trinajstić information content (AvgIpc) is 2.34. The second-order valence-corrected chi connectivity index (χ2v) is 4.26. The number of hydrogen-bond acceptors (Lipinski definition) is 3. The number of para-hydroxylation sites is 1. The van der Waals surface area contributed by atoms with Crippen molar-refractivity contribution in [2.45, 2.75) is 25.3 Å². The van der Waals surface area contributed by atoms with Gasteiger partial charge >= 0.3 is 6.03 Å². The number of amidine groups is 1. The van der Waals surface area contributed by atoms with Crippen molar-refractivity contribution in [2.24, 2.45) is 10.9 Å². The average molecular weight is 248 g/mol. The van der Waals surface area contributed by atoms with E-state index in [1.54, 1.807) is 24.3 Å². The molecule has 1 saturated carbocycles. The molecule has 0 atom stereocenters. The van der Waals surface area contributed by atoms with Gasteiger partial charge in [-0.1, -0.05) is 17.3 Å². The fourth-order valence-corrected chi connectivity index (χ4v) is 1.77. The molecule has 1 aliphatic rings. The molecule has 0 bridgehead atoms. The van der Waals surface area contributed by atoms with Crippen LogP contribution in [-0.2, 0) is 0 Å². The Bertz CT molecular complexity index is 469. The Morgan fingerprint density at radius 2 is 2.11 bits per heavy atom. The Kier molecular flexibility index (Phi) is 3.66. The molecule has 0 radical (unpaired) electrons. The summed E-state index contributed by atoms with van der Waals surface area (Å²) in [7, 11) is 0. The highest BCUT2D eigenvalue weighted by Gasteiger charge is 2.19. The third kappa shape index (κ3) is 2.71.